The zero-order valence-corrected chi connectivity index (χ0v) is 20.4. The van der Waals surface area contributed by atoms with E-state index < -0.39 is 21.6 Å². The molecule has 178 valence electrons. The molecule has 6 nitrogen and oxygen atoms in total. The van der Waals surface area contributed by atoms with Crippen LogP contribution in [-0.4, -0.2) is 40.8 Å². The molecule has 1 N–H and O–H groups in total. The van der Waals surface area contributed by atoms with Crippen LogP contribution in [0.2, 0.25) is 0 Å². The number of fused-ring (bicyclic) bond motifs is 1. The second-order valence-corrected chi connectivity index (χ2v) is 10.4. The van der Waals surface area contributed by atoms with Gasteiger partial charge >= 0.3 is 15.5 Å². The predicted molar refractivity (Wildman–Crippen MR) is 125 cm³/mol. The quantitative estimate of drug-likeness (QED) is 0.479. The SMILES string of the molecule is Cl.O=S(=O)(N1Cc2cc(Br)ccc2N(Cc2cnc[nH]2)C[C@H]1Cc1ccccc1)C(F)(F)F. The number of alkyl halides is 3. The van der Waals surface area contributed by atoms with Crippen molar-refractivity contribution in [1.29, 1.82) is 0 Å². The molecule has 3 aromatic rings. The van der Waals surface area contributed by atoms with E-state index in [1.165, 1.54) is 6.33 Å². The van der Waals surface area contributed by atoms with Gasteiger partial charge in [0.15, 0.2) is 0 Å². The lowest BCUT2D eigenvalue weighted by Gasteiger charge is -2.32. The molecule has 0 unspecified atom stereocenters. The van der Waals surface area contributed by atoms with Crippen molar-refractivity contribution in [3.8, 4) is 0 Å². The Bertz CT molecular complexity index is 1180. The third-order valence-electron chi connectivity index (χ3n) is 5.38. The molecule has 0 spiro atoms. The van der Waals surface area contributed by atoms with Crippen molar-refractivity contribution in [1.82, 2.24) is 14.3 Å². The van der Waals surface area contributed by atoms with Gasteiger partial charge < -0.3 is 9.88 Å². The minimum Gasteiger partial charge on any atom is -0.364 e. The number of halogens is 5. The molecule has 1 aliphatic rings. The summed E-state index contributed by atoms with van der Waals surface area (Å²) in [6.07, 6.45) is 3.31. The summed E-state index contributed by atoms with van der Waals surface area (Å²) in [5.41, 5.74) is -2.70. The summed E-state index contributed by atoms with van der Waals surface area (Å²) in [4.78, 5) is 8.91. The summed E-state index contributed by atoms with van der Waals surface area (Å²) in [5.74, 6) is 0. The maximum Gasteiger partial charge on any atom is 0.511 e. The van der Waals surface area contributed by atoms with Gasteiger partial charge in [0.2, 0.25) is 0 Å². The van der Waals surface area contributed by atoms with Gasteiger partial charge in [0.25, 0.3) is 0 Å². The maximum atomic E-state index is 13.7. The molecule has 0 aliphatic carbocycles. The highest BCUT2D eigenvalue weighted by molar-refractivity contribution is 9.10. The van der Waals surface area contributed by atoms with Crippen LogP contribution in [0.3, 0.4) is 0 Å². The van der Waals surface area contributed by atoms with Crippen LogP contribution >= 0.6 is 28.3 Å². The lowest BCUT2D eigenvalue weighted by Crippen LogP contribution is -2.49. The van der Waals surface area contributed by atoms with Crippen molar-refractivity contribution in [2.24, 2.45) is 0 Å². The average molecular weight is 566 g/mol. The van der Waals surface area contributed by atoms with Crippen LogP contribution in [0, 0.1) is 0 Å². The van der Waals surface area contributed by atoms with E-state index >= 15 is 0 Å². The highest BCUT2D eigenvalue weighted by atomic mass is 79.9. The fourth-order valence-electron chi connectivity index (χ4n) is 3.92. The van der Waals surface area contributed by atoms with Gasteiger partial charge in [-0.05, 0) is 35.7 Å². The minimum absolute atomic E-state index is 0. The molecular formula is C21H21BrClF3N4O2S. The van der Waals surface area contributed by atoms with Crippen LogP contribution in [-0.2, 0) is 29.5 Å². The molecule has 0 saturated carbocycles. The topological polar surface area (TPSA) is 69.3 Å². The number of aromatic nitrogens is 2. The summed E-state index contributed by atoms with van der Waals surface area (Å²) in [6.45, 7) is 0.0469. The highest BCUT2D eigenvalue weighted by Gasteiger charge is 2.52. The average Bonchev–Trinajstić information content (AvgIpc) is 3.19. The Kier molecular flexibility index (Phi) is 7.77. The number of hydrogen-bond donors (Lipinski definition) is 1. The molecule has 1 atom stereocenters. The Morgan fingerprint density at radius 3 is 2.52 bits per heavy atom. The first-order valence-corrected chi connectivity index (χ1v) is 12.0. The van der Waals surface area contributed by atoms with Crippen molar-refractivity contribution in [2.45, 2.75) is 31.1 Å². The van der Waals surface area contributed by atoms with Gasteiger partial charge in [-0.1, -0.05) is 46.3 Å². The first-order valence-electron chi connectivity index (χ1n) is 9.78. The standard InChI is InChI=1S/C21H20BrF3N4O2S.ClH/c22-17-6-7-20-16(9-17)11-29(32(30,31)21(23,24)25)19(8-15-4-2-1-3-5-15)13-28(20)12-18-10-26-14-27-18;/h1-7,9-10,14,19H,8,11-13H2,(H,26,27);1H/t19-;/m1./s1. The van der Waals surface area contributed by atoms with Crippen LogP contribution in [0.1, 0.15) is 16.8 Å². The third-order valence-corrected chi connectivity index (χ3v) is 7.50. The molecule has 0 amide bonds. The fraction of sp³-hybridized carbons (Fsp3) is 0.286. The molecule has 0 fully saturated rings. The molecule has 2 aromatic carbocycles. The number of benzene rings is 2. The van der Waals surface area contributed by atoms with E-state index in [-0.39, 0.29) is 31.9 Å². The molecule has 12 heteroatoms. The largest absolute Gasteiger partial charge is 0.511 e. The Hall–Kier alpha value is -2.08. The fourth-order valence-corrected chi connectivity index (χ4v) is 5.44. The van der Waals surface area contributed by atoms with Crippen LogP contribution in [0.5, 0.6) is 0 Å². The van der Waals surface area contributed by atoms with E-state index in [9.17, 15) is 21.6 Å². The van der Waals surface area contributed by atoms with Crippen LogP contribution in [0.25, 0.3) is 0 Å². The lowest BCUT2D eigenvalue weighted by molar-refractivity contribution is -0.0502. The molecule has 0 bridgehead atoms. The summed E-state index contributed by atoms with van der Waals surface area (Å²) in [6, 6.07) is 13.2. The smallest absolute Gasteiger partial charge is 0.364 e. The molecule has 0 saturated heterocycles. The lowest BCUT2D eigenvalue weighted by atomic mass is 10.1. The van der Waals surface area contributed by atoms with Crippen LogP contribution < -0.4 is 4.90 Å². The molecule has 1 aromatic heterocycles. The van der Waals surface area contributed by atoms with Crippen molar-refractivity contribution >= 4 is 44.0 Å². The molecule has 33 heavy (non-hydrogen) atoms. The van der Waals surface area contributed by atoms with Gasteiger partial charge in [0.05, 0.1) is 18.6 Å². The van der Waals surface area contributed by atoms with Gasteiger partial charge in [0, 0.05) is 35.5 Å². The second-order valence-electron chi connectivity index (χ2n) is 7.57. The Morgan fingerprint density at radius 1 is 1.15 bits per heavy atom. The normalized spacial score (nSPS) is 17.2. The summed E-state index contributed by atoms with van der Waals surface area (Å²) in [5, 5.41) is 0. The number of sulfonamides is 1. The van der Waals surface area contributed by atoms with E-state index in [1.54, 1.807) is 54.7 Å². The minimum atomic E-state index is -5.56. The zero-order chi connectivity index (χ0) is 22.9. The molecule has 1 aliphatic heterocycles. The van der Waals surface area contributed by atoms with Gasteiger partial charge in [0.1, 0.15) is 0 Å². The summed E-state index contributed by atoms with van der Waals surface area (Å²) < 4.78 is 67.5. The number of nitrogens with one attached hydrogen (secondary N) is 1. The van der Waals surface area contributed by atoms with Crippen LogP contribution in [0.4, 0.5) is 18.9 Å². The highest BCUT2D eigenvalue weighted by Crippen LogP contribution is 2.37. The number of nitrogens with zero attached hydrogens (tertiary/aromatic N) is 3. The number of aromatic amines is 1. The van der Waals surface area contributed by atoms with Gasteiger partial charge in [-0.2, -0.15) is 17.5 Å². The van der Waals surface area contributed by atoms with E-state index in [0.29, 0.717) is 26.6 Å². The van der Waals surface area contributed by atoms with Crippen LogP contribution in [0.15, 0.2) is 65.5 Å². The first kappa shape index (κ1) is 25.5. The van der Waals surface area contributed by atoms with Crippen molar-refractivity contribution < 1.29 is 21.6 Å². The Balaban J connectivity index is 0.00000306. The monoisotopic (exact) mass is 564 g/mol. The number of rotatable bonds is 5. The summed E-state index contributed by atoms with van der Waals surface area (Å²) >= 11 is 3.35. The zero-order valence-electron chi connectivity index (χ0n) is 17.2. The molecule has 4 rings (SSSR count). The number of H-pyrrole nitrogens is 1. The second kappa shape index (κ2) is 10.0. The number of imidazole rings is 1. The number of hydrogen-bond acceptors (Lipinski definition) is 4. The van der Waals surface area contributed by atoms with Crippen molar-refractivity contribution in [2.75, 3.05) is 11.4 Å². The molecule has 2 heterocycles. The van der Waals surface area contributed by atoms with E-state index in [2.05, 4.69) is 25.9 Å². The van der Waals surface area contributed by atoms with E-state index in [1.807, 2.05) is 4.90 Å². The van der Waals surface area contributed by atoms with Gasteiger partial charge in [-0.25, -0.2) is 13.4 Å². The summed E-state index contributed by atoms with van der Waals surface area (Å²) in [7, 11) is -5.56. The molecule has 0 radical (unpaired) electrons. The van der Waals surface area contributed by atoms with E-state index in [0.717, 1.165) is 11.3 Å². The third kappa shape index (κ3) is 5.53. The van der Waals surface area contributed by atoms with Crippen molar-refractivity contribution in [3.63, 3.8) is 0 Å². The van der Waals surface area contributed by atoms with Gasteiger partial charge in [-0.15, -0.1) is 12.4 Å². The number of anilines is 1. The van der Waals surface area contributed by atoms with Crippen molar-refractivity contribution in [3.05, 3.63) is 82.3 Å². The maximum absolute atomic E-state index is 13.7. The Labute approximate surface area is 204 Å². The van der Waals surface area contributed by atoms with Gasteiger partial charge in [-0.3, -0.25) is 0 Å². The first-order chi connectivity index (χ1) is 15.1. The Morgan fingerprint density at radius 2 is 1.88 bits per heavy atom. The molecular weight excluding hydrogens is 545 g/mol. The predicted octanol–water partition coefficient (Wildman–Crippen LogP) is 4.88. The van der Waals surface area contributed by atoms with E-state index in [4.69, 9.17) is 0 Å².